The van der Waals surface area contributed by atoms with E-state index in [1.807, 2.05) is 32.1 Å². The minimum atomic E-state index is -0.553. The Labute approximate surface area is 191 Å². The Morgan fingerprint density at radius 1 is 1.12 bits per heavy atom. The number of nitrogen functional groups attached to an aromatic ring is 1. The largest absolute Gasteiger partial charge is 0.449 e. The van der Waals surface area contributed by atoms with E-state index in [2.05, 4.69) is 11.4 Å². The van der Waals surface area contributed by atoms with E-state index in [9.17, 15) is 15.4 Å². The van der Waals surface area contributed by atoms with Crippen molar-refractivity contribution in [2.45, 2.75) is 20.8 Å². The van der Waals surface area contributed by atoms with Gasteiger partial charge in [0, 0.05) is 23.4 Å². The number of hydrogen-bond donors (Lipinski definition) is 2. The second-order valence-corrected chi connectivity index (χ2v) is 7.30. The van der Waals surface area contributed by atoms with Crippen LogP contribution in [-0.2, 0) is 0 Å². The quantitative estimate of drug-likeness (QED) is 0.268. The fraction of sp³-hybridized carbons (Fsp3) is 0.120. The second-order valence-electron chi connectivity index (χ2n) is 7.30. The van der Waals surface area contributed by atoms with Crippen LogP contribution in [0.5, 0.6) is 11.5 Å². The molecule has 0 bridgehead atoms. The Morgan fingerprint density at radius 3 is 2.39 bits per heavy atom. The summed E-state index contributed by atoms with van der Waals surface area (Å²) in [6.45, 7) is 5.41. The monoisotopic (exact) mass is 439 g/mol. The van der Waals surface area contributed by atoms with Crippen molar-refractivity contribution in [2.24, 2.45) is 0 Å². The number of nitriles is 2. The lowest BCUT2D eigenvalue weighted by atomic mass is 9.98. The number of benzene rings is 3. The molecule has 0 radical (unpaired) electrons. The SMILES string of the molecule is CC=Cc1cc(C)c(Oc2cc(N)c(Nc3ccc(C#N)cc3)cc2[N+](=O)[O-])c(C)c1C#N. The third kappa shape index (κ3) is 4.76. The maximum absolute atomic E-state index is 11.8. The Kier molecular flexibility index (Phi) is 6.61. The van der Waals surface area contributed by atoms with Gasteiger partial charge in [0.25, 0.3) is 0 Å². The van der Waals surface area contributed by atoms with Crippen LogP contribution in [0.15, 0.2) is 48.5 Å². The number of rotatable bonds is 6. The number of allylic oxidation sites excluding steroid dienone is 1. The molecule has 3 aromatic rings. The Balaban J connectivity index is 2.04. The number of nitrogens with one attached hydrogen (secondary N) is 1. The van der Waals surface area contributed by atoms with Crippen molar-refractivity contribution >= 4 is 28.8 Å². The van der Waals surface area contributed by atoms with Crippen LogP contribution in [0.1, 0.15) is 34.7 Å². The standard InChI is InChI=1S/C25H21N5O3/c1-4-5-18-10-15(2)25(16(3)20(18)14-27)33-24-11-21(28)22(12-23(24)30(31)32)29-19-8-6-17(13-26)7-9-19/h4-12,29H,28H2,1-3H3. The van der Waals surface area contributed by atoms with E-state index in [0.717, 1.165) is 11.1 Å². The second kappa shape index (κ2) is 9.54. The highest BCUT2D eigenvalue weighted by Gasteiger charge is 2.22. The van der Waals surface area contributed by atoms with Gasteiger partial charge in [0.1, 0.15) is 11.8 Å². The molecule has 8 nitrogen and oxygen atoms in total. The van der Waals surface area contributed by atoms with Gasteiger partial charge in [-0.15, -0.1) is 0 Å². The zero-order valence-electron chi connectivity index (χ0n) is 18.3. The van der Waals surface area contributed by atoms with E-state index in [1.165, 1.54) is 12.1 Å². The van der Waals surface area contributed by atoms with Gasteiger partial charge in [-0.1, -0.05) is 12.2 Å². The molecular weight excluding hydrogens is 418 g/mol. The van der Waals surface area contributed by atoms with Gasteiger partial charge in [0.05, 0.1) is 33.5 Å². The van der Waals surface area contributed by atoms with Gasteiger partial charge in [-0.05, 0) is 62.2 Å². The molecule has 0 aliphatic heterocycles. The summed E-state index contributed by atoms with van der Waals surface area (Å²) >= 11 is 0. The maximum atomic E-state index is 11.8. The van der Waals surface area contributed by atoms with Gasteiger partial charge in [0.2, 0.25) is 5.75 Å². The van der Waals surface area contributed by atoms with Crippen LogP contribution >= 0.6 is 0 Å². The van der Waals surface area contributed by atoms with Gasteiger partial charge in [0.15, 0.2) is 0 Å². The molecule has 0 fully saturated rings. The minimum absolute atomic E-state index is 0.0308. The maximum Gasteiger partial charge on any atom is 0.313 e. The van der Waals surface area contributed by atoms with Gasteiger partial charge in [-0.25, -0.2) is 0 Å². The van der Waals surface area contributed by atoms with Crippen LogP contribution in [-0.4, -0.2) is 4.92 Å². The van der Waals surface area contributed by atoms with Crippen molar-refractivity contribution in [3.63, 3.8) is 0 Å². The molecule has 0 aromatic heterocycles. The summed E-state index contributed by atoms with van der Waals surface area (Å²) in [6.07, 6.45) is 3.66. The lowest BCUT2D eigenvalue weighted by Gasteiger charge is -2.16. The molecular formula is C25H21N5O3. The number of anilines is 3. The molecule has 8 heteroatoms. The van der Waals surface area contributed by atoms with Crippen molar-refractivity contribution in [1.82, 2.24) is 0 Å². The fourth-order valence-corrected chi connectivity index (χ4v) is 3.42. The first-order valence-electron chi connectivity index (χ1n) is 9.99. The average Bonchev–Trinajstić information content (AvgIpc) is 2.78. The van der Waals surface area contributed by atoms with E-state index >= 15 is 0 Å². The third-order valence-electron chi connectivity index (χ3n) is 5.03. The van der Waals surface area contributed by atoms with Crippen LogP contribution in [0, 0.1) is 46.6 Å². The molecule has 3 aromatic carbocycles. The Hall–Kier alpha value is -4.82. The Bertz CT molecular complexity index is 1350. The summed E-state index contributed by atoms with van der Waals surface area (Å²) < 4.78 is 5.96. The van der Waals surface area contributed by atoms with Gasteiger partial charge in [-0.3, -0.25) is 10.1 Å². The molecule has 0 saturated heterocycles. The molecule has 0 saturated carbocycles. The summed E-state index contributed by atoms with van der Waals surface area (Å²) in [6, 6.07) is 15.3. The molecule has 0 aliphatic rings. The molecule has 164 valence electrons. The number of nitro benzene ring substituents is 1. The summed E-state index contributed by atoms with van der Waals surface area (Å²) in [7, 11) is 0. The molecule has 0 atom stereocenters. The van der Waals surface area contributed by atoms with Crippen molar-refractivity contribution in [3.05, 3.63) is 86.5 Å². The third-order valence-corrected chi connectivity index (χ3v) is 5.03. The number of ether oxygens (including phenoxy) is 1. The van der Waals surface area contributed by atoms with Crippen molar-refractivity contribution in [3.8, 4) is 23.6 Å². The van der Waals surface area contributed by atoms with E-state index in [0.29, 0.717) is 33.8 Å². The van der Waals surface area contributed by atoms with Crippen molar-refractivity contribution in [2.75, 3.05) is 11.1 Å². The van der Waals surface area contributed by atoms with Crippen LogP contribution in [0.4, 0.5) is 22.7 Å². The van der Waals surface area contributed by atoms with Crippen LogP contribution in [0.2, 0.25) is 0 Å². The molecule has 3 N–H and O–H groups in total. The molecule has 0 amide bonds. The summed E-state index contributed by atoms with van der Waals surface area (Å²) in [4.78, 5) is 11.3. The predicted octanol–water partition coefficient (Wildman–Crippen LogP) is 6.11. The number of nitro groups is 1. The number of nitrogens with two attached hydrogens (primary N) is 1. The molecule has 0 unspecified atom stereocenters. The predicted molar refractivity (Wildman–Crippen MR) is 127 cm³/mol. The molecule has 3 rings (SSSR count). The highest BCUT2D eigenvalue weighted by Crippen LogP contribution is 2.41. The zero-order valence-corrected chi connectivity index (χ0v) is 18.3. The summed E-state index contributed by atoms with van der Waals surface area (Å²) in [5, 5.41) is 33.4. The molecule has 0 heterocycles. The van der Waals surface area contributed by atoms with Crippen molar-refractivity contribution < 1.29 is 9.66 Å². The number of hydrogen-bond acceptors (Lipinski definition) is 7. The van der Waals surface area contributed by atoms with E-state index in [-0.39, 0.29) is 17.1 Å². The first-order chi connectivity index (χ1) is 15.8. The summed E-state index contributed by atoms with van der Waals surface area (Å²) in [5.41, 5.74) is 10.1. The highest BCUT2D eigenvalue weighted by atomic mass is 16.6. The van der Waals surface area contributed by atoms with Crippen molar-refractivity contribution in [1.29, 1.82) is 10.5 Å². The smallest absolute Gasteiger partial charge is 0.313 e. The zero-order chi connectivity index (χ0) is 24.1. The minimum Gasteiger partial charge on any atom is -0.449 e. The molecule has 0 aliphatic carbocycles. The van der Waals surface area contributed by atoms with Gasteiger partial charge in [-0.2, -0.15) is 10.5 Å². The number of nitrogens with zero attached hydrogens (tertiary/aromatic N) is 3. The highest BCUT2D eigenvalue weighted by molar-refractivity contribution is 5.78. The van der Waals surface area contributed by atoms with Crippen LogP contribution < -0.4 is 15.8 Å². The lowest BCUT2D eigenvalue weighted by Crippen LogP contribution is -2.02. The van der Waals surface area contributed by atoms with Crippen LogP contribution in [0.3, 0.4) is 0 Å². The van der Waals surface area contributed by atoms with E-state index < -0.39 is 4.92 Å². The first-order valence-corrected chi connectivity index (χ1v) is 9.99. The molecule has 0 spiro atoms. The first kappa shape index (κ1) is 22.9. The van der Waals surface area contributed by atoms with Gasteiger partial charge < -0.3 is 15.8 Å². The van der Waals surface area contributed by atoms with E-state index in [4.69, 9.17) is 15.7 Å². The lowest BCUT2D eigenvalue weighted by molar-refractivity contribution is -0.385. The summed E-state index contributed by atoms with van der Waals surface area (Å²) in [5.74, 6) is 0.340. The normalized spacial score (nSPS) is 10.5. The average molecular weight is 439 g/mol. The Morgan fingerprint density at radius 2 is 1.82 bits per heavy atom. The topological polar surface area (TPSA) is 138 Å². The van der Waals surface area contributed by atoms with Crippen LogP contribution in [0.25, 0.3) is 6.08 Å². The van der Waals surface area contributed by atoms with Gasteiger partial charge >= 0.3 is 5.69 Å². The fourth-order valence-electron chi connectivity index (χ4n) is 3.42. The number of aryl methyl sites for hydroxylation is 1. The van der Waals surface area contributed by atoms with E-state index in [1.54, 1.807) is 37.3 Å². The molecule has 33 heavy (non-hydrogen) atoms.